The van der Waals surface area contributed by atoms with E-state index < -0.39 is 17.8 Å². The van der Waals surface area contributed by atoms with Gasteiger partial charge >= 0.3 is 0 Å². The van der Waals surface area contributed by atoms with Crippen LogP contribution in [-0.2, 0) is 0 Å². The molecule has 1 unspecified atom stereocenters. The van der Waals surface area contributed by atoms with Gasteiger partial charge < -0.3 is 10.4 Å². The number of hydrogen-bond acceptors (Lipinski definition) is 3. The summed E-state index contributed by atoms with van der Waals surface area (Å²) in [6, 6.07) is 13.6. The number of benzene rings is 2. The lowest BCUT2D eigenvalue weighted by Gasteiger charge is -2.14. The van der Waals surface area contributed by atoms with E-state index in [0.29, 0.717) is 5.69 Å². The standard InChI is InChI=1S/C19H18FN3O2/c1-12-6-2-3-7-13(12)17(24)11-21-19(25)15-10-22-23-18(15)14-8-4-5-9-16(14)20/h2-10,17,24H,11H2,1H3,(H,21,25)(H,22,23). The predicted octanol–water partition coefficient (Wildman–Crippen LogP) is 2.99. The fourth-order valence-electron chi connectivity index (χ4n) is 2.68. The molecule has 5 nitrogen and oxygen atoms in total. The fourth-order valence-corrected chi connectivity index (χ4v) is 2.68. The van der Waals surface area contributed by atoms with Crippen LogP contribution in [0.15, 0.2) is 54.7 Å². The van der Waals surface area contributed by atoms with Gasteiger partial charge in [-0.15, -0.1) is 0 Å². The molecule has 3 N–H and O–H groups in total. The Morgan fingerprint density at radius 2 is 1.96 bits per heavy atom. The maximum absolute atomic E-state index is 14.0. The second-order valence-electron chi connectivity index (χ2n) is 5.72. The highest BCUT2D eigenvalue weighted by molar-refractivity contribution is 5.99. The van der Waals surface area contributed by atoms with Gasteiger partial charge in [0.05, 0.1) is 23.6 Å². The van der Waals surface area contributed by atoms with Gasteiger partial charge in [-0.2, -0.15) is 5.10 Å². The predicted molar refractivity (Wildman–Crippen MR) is 92.5 cm³/mol. The van der Waals surface area contributed by atoms with Gasteiger partial charge in [-0.1, -0.05) is 36.4 Å². The summed E-state index contributed by atoms with van der Waals surface area (Å²) in [5.41, 5.74) is 2.50. The summed E-state index contributed by atoms with van der Waals surface area (Å²) in [5, 5.41) is 19.5. The molecule has 0 aliphatic heterocycles. The van der Waals surface area contributed by atoms with Gasteiger partial charge in [-0.05, 0) is 30.2 Å². The number of rotatable bonds is 5. The van der Waals surface area contributed by atoms with Gasteiger partial charge in [-0.3, -0.25) is 9.89 Å². The van der Waals surface area contributed by atoms with Crippen LogP contribution in [0.2, 0.25) is 0 Å². The first-order valence-electron chi connectivity index (χ1n) is 7.88. The Labute approximate surface area is 144 Å². The number of nitrogens with one attached hydrogen (secondary N) is 2. The monoisotopic (exact) mass is 339 g/mol. The minimum absolute atomic E-state index is 0.0472. The molecule has 0 saturated carbocycles. The maximum atomic E-state index is 14.0. The zero-order valence-corrected chi connectivity index (χ0v) is 13.7. The molecule has 1 amide bonds. The Kier molecular flexibility index (Phi) is 4.90. The molecule has 1 aromatic heterocycles. The first-order valence-corrected chi connectivity index (χ1v) is 7.88. The lowest BCUT2D eigenvalue weighted by atomic mass is 10.0. The second-order valence-corrected chi connectivity index (χ2v) is 5.72. The lowest BCUT2D eigenvalue weighted by molar-refractivity contribution is 0.0916. The molecule has 2 aromatic carbocycles. The molecule has 0 saturated heterocycles. The minimum Gasteiger partial charge on any atom is -0.387 e. The highest BCUT2D eigenvalue weighted by Gasteiger charge is 2.19. The first-order chi connectivity index (χ1) is 12.1. The Morgan fingerprint density at radius 1 is 1.24 bits per heavy atom. The van der Waals surface area contributed by atoms with Crippen molar-refractivity contribution >= 4 is 5.91 Å². The number of nitrogens with zero attached hydrogens (tertiary/aromatic N) is 1. The SMILES string of the molecule is Cc1ccccc1C(O)CNC(=O)c1cn[nH]c1-c1ccccc1F. The van der Waals surface area contributed by atoms with Crippen LogP contribution in [0.1, 0.15) is 27.6 Å². The topological polar surface area (TPSA) is 78.0 Å². The van der Waals surface area contributed by atoms with E-state index in [4.69, 9.17) is 0 Å². The maximum Gasteiger partial charge on any atom is 0.255 e. The molecule has 0 fully saturated rings. The molecule has 1 atom stereocenters. The summed E-state index contributed by atoms with van der Waals surface area (Å²) in [6.07, 6.45) is 0.519. The quantitative estimate of drug-likeness (QED) is 0.669. The van der Waals surface area contributed by atoms with Crippen molar-refractivity contribution in [2.75, 3.05) is 6.54 Å². The number of carbonyl (C=O) groups excluding carboxylic acids is 1. The number of aromatic nitrogens is 2. The molecule has 25 heavy (non-hydrogen) atoms. The van der Waals surface area contributed by atoms with E-state index in [9.17, 15) is 14.3 Å². The van der Waals surface area contributed by atoms with Gasteiger partial charge in [0.25, 0.3) is 5.91 Å². The summed E-state index contributed by atoms with van der Waals surface area (Å²) in [4.78, 5) is 12.4. The van der Waals surface area contributed by atoms with Crippen LogP contribution in [0, 0.1) is 12.7 Å². The average molecular weight is 339 g/mol. The molecule has 0 bridgehead atoms. The molecular formula is C19H18FN3O2. The zero-order valence-electron chi connectivity index (χ0n) is 13.7. The van der Waals surface area contributed by atoms with E-state index in [1.165, 1.54) is 12.3 Å². The van der Waals surface area contributed by atoms with Crippen molar-refractivity contribution in [2.45, 2.75) is 13.0 Å². The van der Waals surface area contributed by atoms with Gasteiger partial charge in [0.1, 0.15) is 5.82 Å². The van der Waals surface area contributed by atoms with Gasteiger partial charge in [-0.25, -0.2) is 4.39 Å². The van der Waals surface area contributed by atoms with Crippen molar-refractivity contribution in [1.29, 1.82) is 0 Å². The van der Waals surface area contributed by atoms with Crippen molar-refractivity contribution in [3.8, 4) is 11.3 Å². The molecular weight excluding hydrogens is 321 g/mol. The van der Waals surface area contributed by atoms with Gasteiger partial charge in [0.15, 0.2) is 0 Å². The fraction of sp³-hybridized carbons (Fsp3) is 0.158. The molecule has 0 radical (unpaired) electrons. The molecule has 3 aromatic rings. The molecule has 1 heterocycles. The molecule has 0 aliphatic rings. The van der Waals surface area contributed by atoms with Crippen molar-refractivity contribution < 1.29 is 14.3 Å². The molecule has 0 aliphatic carbocycles. The highest BCUT2D eigenvalue weighted by Crippen LogP contribution is 2.24. The summed E-state index contributed by atoms with van der Waals surface area (Å²) >= 11 is 0. The van der Waals surface area contributed by atoms with E-state index in [2.05, 4.69) is 15.5 Å². The number of aryl methyl sites for hydroxylation is 1. The van der Waals surface area contributed by atoms with Crippen LogP contribution >= 0.6 is 0 Å². The van der Waals surface area contributed by atoms with Crippen LogP contribution < -0.4 is 5.32 Å². The van der Waals surface area contributed by atoms with Gasteiger partial charge in [0, 0.05) is 12.1 Å². The summed E-state index contributed by atoms with van der Waals surface area (Å²) in [6.45, 7) is 1.94. The molecule has 3 rings (SSSR count). The number of amides is 1. The van der Waals surface area contributed by atoms with Crippen molar-refractivity contribution in [3.05, 3.63) is 77.2 Å². The zero-order chi connectivity index (χ0) is 17.8. The Balaban J connectivity index is 1.74. The van der Waals surface area contributed by atoms with Gasteiger partial charge in [0.2, 0.25) is 0 Å². The number of H-pyrrole nitrogens is 1. The number of aliphatic hydroxyl groups excluding tert-OH is 1. The van der Waals surface area contributed by atoms with Crippen LogP contribution in [0.25, 0.3) is 11.3 Å². The van der Waals surface area contributed by atoms with Crippen molar-refractivity contribution in [2.24, 2.45) is 0 Å². The minimum atomic E-state index is -0.825. The third kappa shape index (κ3) is 3.59. The summed E-state index contributed by atoms with van der Waals surface area (Å²) < 4.78 is 14.0. The van der Waals surface area contributed by atoms with Crippen molar-refractivity contribution in [3.63, 3.8) is 0 Å². The Bertz CT molecular complexity index is 892. The third-order valence-electron chi connectivity index (χ3n) is 4.03. The number of aliphatic hydroxyl groups is 1. The van der Waals surface area contributed by atoms with E-state index >= 15 is 0 Å². The average Bonchev–Trinajstić information content (AvgIpc) is 3.10. The number of carbonyl (C=O) groups is 1. The Hall–Kier alpha value is -2.99. The molecule has 128 valence electrons. The van der Waals surface area contributed by atoms with Crippen LogP contribution in [-0.4, -0.2) is 27.8 Å². The van der Waals surface area contributed by atoms with E-state index in [-0.39, 0.29) is 17.7 Å². The summed E-state index contributed by atoms with van der Waals surface area (Å²) in [7, 11) is 0. The van der Waals surface area contributed by atoms with Crippen LogP contribution in [0.4, 0.5) is 4.39 Å². The Morgan fingerprint density at radius 3 is 2.72 bits per heavy atom. The first kappa shape index (κ1) is 16.9. The highest BCUT2D eigenvalue weighted by atomic mass is 19.1. The number of hydrogen-bond donors (Lipinski definition) is 3. The largest absolute Gasteiger partial charge is 0.387 e. The second kappa shape index (κ2) is 7.27. The number of halogens is 1. The van der Waals surface area contributed by atoms with Crippen LogP contribution in [0.5, 0.6) is 0 Å². The normalized spacial score (nSPS) is 12.0. The lowest BCUT2D eigenvalue weighted by Crippen LogP contribution is -2.28. The van der Waals surface area contributed by atoms with E-state index in [1.54, 1.807) is 18.2 Å². The summed E-state index contributed by atoms with van der Waals surface area (Å²) in [5.74, 6) is -0.875. The number of aromatic amines is 1. The smallest absolute Gasteiger partial charge is 0.255 e. The van der Waals surface area contributed by atoms with E-state index in [0.717, 1.165) is 11.1 Å². The van der Waals surface area contributed by atoms with E-state index in [1.807, 2.05) is 31.2 Å². The molecule has 0 spiro atoms. The molecule has 6 heteroatoms. The van der Waals surface area contributed by atoms with Crippen molar-refractivity contribution in [1.82, 2.24) is 15.5 Å². The van der Waals surface area contributed by atoms with Crippen LogP contribution in [0.3, 0.4) is 0 Å². The third-order valence-corrected chi connectivity index (χ3v) is 4.03.